The van der Waals surface area contributed by atoms with Gasteiger partial charge in [-0.3, -0.25) is 8.75 Å². The van der Waals surface area contributed by atoms with Crippen molar-refractivity contribution in [2.24, 2.45) is 0 Å². The molecule has 0 atom stereocenters. The highest BCUT2D eigenvalue weighted by Gasteiger charge is 2.15. The van der Waals surface area contributed by atoms with Crippen LogP contribution in [0.2, 0.25) is 0 Å². The Hall–Kier alpha value is 0.220. The Morgan fingerprint density at radius 3 is 1.25 bits per heavy atom. The van der Waals surface area contributed by atoms with Gasteiger partial charge in [-0.05, 0) is 24.0 Å². The Kier molecular flexibility index (Phi) is 1.64. The van der Waals surface area contributed by atoms with Gasteiger partial charge in [-0.25, -0.2) is 0 Å². The molecule has 0 rings (SSSR count). The topological polar surface area (TPSA) is 0 Å². The first-order valence-corrected chi connectivity index (χ1v) is 6.40. The summed E-state index contributed by atoms with van der Waals surface area (Å²) in [5, 5.41) is 0.743. The van der Waals surface area contributed by atoms with Gasteiger partial charge in [-0.2, -0.15) is 0 Å². The molecule has 0 spiro atoms. The summed E-state index contributed by atoms with van der Waals surface area (Å²) in [6, 6.07) is 0. The van der Waals surface area contributed by atoms with E-state index >= 15 is 0 Å². The van der Waals surface area contributed by atoms with Crippen LogP contribution in [-0.2, 0) is 0 Å². The number of rotatable bonds is 1. The van der Waals surface area contributed by atoms with Gasteiger partial charge in [0, 0.05) is 0 Å². The minimum Gasteiger partial charge on any atom is -0.256 e. The third-order valence-electron chi connectivity index (χ3n) is 1.75. The molecule has 8 heavy (non-hydrogen) atoms. The molecule has 0 saturated carbocycles. The molecule has 0 aliphatic rings. The molecular formula is C7H18S. The van der Waals surface area contributed by atoms with Crippen LogP contribution in [0, 0.1) is 0 Å². The van der Waals surface area contributed by atoms with Crippen LogP contribution >= 0.6 is 8.75 Å². The van der Waals surface area contributed by atoms with Crippen LogP contribution < -0.4 is 0 Å². The van der Waals surface area contributed by atoms with Crippen LogP contribution in [0.5, 0.6) is 0 Å². The number of hydrogen-bond acceptors (Lipinski definition) is 0. The van der Waals surface area contributed by atoms with Crippen molar-refractivity contribution in [3.05, 3.63) is 0 Å². The molecule has 0 amide bonds. The Morgan fingerprint density at radius 1 is 1.12 bits per heavy atom. The van der Waals surface area contributed by atoms with E-state index in [1.165, 1.54) is 0 Å². The summed E-state index contributed by atoms with van der Waals surface area (Å²) in [6.07, 6.45) is 6.84. The molecule has 0 unspecified atom stereocenters. The second-order valence-corrected chi connectivity index (χ2v) is 10.9. The molecule has 0 bridgehead atoms. The first kappa shape index (κ1) is 8.22. The zero-order chi connectivity index (χ0) is 7.02. The lowest BCUT2D eigenvalue weighted by atomic mass is 10.6. The fourth-order valence-corrected chi connectivity index (χ4v) is 0. The van der Waals surface area contributed by atoms with Gasteiger partial charge in [0.1, 0.15) is 0 Å². The summed E-state index contributed by atoms with van der Waals surface area (Å²) in [4.78, 5) is 0. The summed E-state index contributed by atoms with van der Waals surface area (Å²) < 4.78 is 0. The van der Waals surface area contributed by atoms with Gasteiger partial charge in [0.2, 0.25) is 0 Å². The van der Waals surface area contributed by atoms with E-state index in [0.717, 1.165) is 5.25 Å². The van der Waals surface area contributed by atoms with E-state index in [2.05, 4.69) is 38.5 Å². The third kappa shape index (κ3) is 2.51. The predicted molar refractivity (Wildman–Crippen MR) is 47.6 cm³/mol. The summed E-state index contributed by atoms with van der Waals surface area (Å²) in [5.74, 6) is 4.21. The van der Waals surface area contributed by atoms with E-state index in [1.807, 2.05) is 0 Å². The molecule has 0 aliphatic heterocycles. The second-order valence-electron chi connectivity index (χ2n) is 4.01. The maximum atomic E-state index is 4.21. The van der Waals surface area contributed by atoms with E-state index in [4.69, 9.17) is 0 Å². The summed E-state index contributed by atoms with van der Waals surface area (Å²) in [7, 11) is -1.21. The van der Waals surface area contributed by atoms with Crippen LogP contribution in [0.15, 0.2) is 0 Å². The lowest BCUT2D eigenvalue weighted by Gasteiger charge is -2.40. The molecule has 0 radical (unpaired) electrons. The molecule has 0 aliphatic carbocycles. The van der Waals surface area contributed by atoms with Crippen LogP contribution in [0.1, 0.15) is 13.8 Å². The largest absolute Gasteiger partial charge is 0.256 e. The van der Waals surface area contributed by atoms with Crippen LogP contribution in [-0.4, -0.2) is 29.9 Å². The highest BCUT2D eigenvalue weighted by Crippen LogP contribution is 2.49. The molecule has 1 heteroatoms. The van der Waals surface area contributed by atoms with Gasteiger partial charge in [0.15, 0.2) is 0 Å². The highest BCUT2D eigenvalue weighted by atomic mass is 32.3. The second kappa shape index (κ2) is 1.60. The quantitative estimate of drug-likeness (QED) is 0.482. The summed E-state index contributed by atoms with van der Waals surface area (Å²) in [5.41, 5.74) is 0. The monoisotopic (exact) mass is 134 g/mol. The van der Waals surface area contributed by atoms with E-state index in [-0.39, 0.29) is 0 Å². The van der Waals surface area contributed by atoms with Crippen molar-refractivity contribution in [1.82, 2.24) is 0 Å². The lowest BCUT2D eigenvalue weighted by molar-refractivity contribution is 1.09. The molecule has 0 nitrogen and oxygen atoms in total. The average Bonchev–Trinajstić information content (AvgIpc) is 1.27. The Balaban J connectivity index is 4.40. The molecule has 0 N–H and O–H groups in total. The van der Waals surface area contributed by atoms with Crippen molar-refractivity contribution in [1.29, 1.82) is 0 Å². The van der Waals surface area contributed by atoms with Crippen molar-refractivity contribution < 1.29 is 0 Å². The number of hydrogen-bond donors (Lipinski definition) is 0. The standard InChI is InChI=1S/C7H18S/c1-7(2)8(3,4,5)6/h7H,3H2,1-2,4-6H3. The lowest BCUT2D eigenvalue weighted by Crippen LogP contribution is -2.13. The molecule has 0 aromatic rings. The molecule has 52 valence electrons. The molecule has 0 heterocycles. The van der Waals surface area contributed by atoms with Gasteiger partial charge in [0.25, 0.3) is 0 Å². The van der Waals surface area contributed by atoms with Gasteiger partial charge in [-0.1, -0.05) is 19.7 Å². The molecular weight excluding hydrogens is 116 g/mol. The predicted octanol–water partition coefficient (Wildman–Crippen LogP) is 2.06. The normalized spacial score (nSPS) is 18.0. The Labute approximate surface area is 53.2 Å². The SMILES string of the molecule is C=S(C)(C)(C)C(C)C. The average molecular weight is 134 g/mol. The molecule has 0 aromatic heterocycles. The van der Waals surface area contributed by atoms with Gasteiger partial charge >= 0.3 is 0 Å². The maximum Gasteiger partial charge on any atom is -0.0208 e. The highest BCUT2D eigenvalue weighted by molar-refractivity contribution is 8.45. The van der Waals surface area contributed by atoms with Crippen molar-refractivity contribution in [2.45, 2.75) is 19.1 Å². The van der Waals surface area contributed by atoms with E-state index < -0.39 is 8.75 Å². The maximum absolute atomic E-state index is 4.21. The minimum absolute atomic E-state index is 0.743. The van der Waals surface area contributed by atoms with Gasteiger partial charge in [-0.15, -0.1) is 0 Å². The van der Waals surface area contributed by atoms with Crippen LogP contribution in [0.3, 0.4) is 0 Å². The van der Waals surface area contributed by atoms with Gasteiger partial charge in [0.05, 0.1) is 0 Å². The molecule has 0 saturated heterocycles. The Bertz CT molecular complexity index is 125. The van der Waals surface area contributed by atoms with Crippen molar-refractivity contribution >= 4 is 14.6 Å². The Morgan fingerprint density at radius 2 is 1.25 bits per heavy atom. The van der Waals surface area contributed by atoms with Crippen molar-refractivity contribution in [3.63, 3.8) is 0 Å². The summed E-state index contributed by atoms with van der Waals surface area (Å²) in [6.45, 7) is 4.49. The van der Waals surface area contributed by atoms with Gasteiger partial charge < -0.3 is 0 Å². The van der Waals surface area contributed by atoms with Crippen molar-refractivity contribution in [3.8, 4) is 0 Å². The van der Waals surface area contributed by atoms with E-state index in [1.54, 1.807) is 0 Å². The molecule has 0 aromatic carbocycles. The molecule has 0 fully saturated rings. The van der Waals surface area contributed by atoms with Crippen molar-refractivity contribution in [2.75, 3.05) is 18.8 Å². The zero-order valence-electron chi connectivity index (χ0n) is 6.69. The van der Waals surface area contributed by atoms with E-state index in [9.17, 15) is 0 Å². The first-order chi connectivity index (χ1) is 3.20. The third-order valence-corrected chi connectivity index (χ3v) is 5.24. The van der Waals surface area contributed by atoms with E-state index in [0.29, 0.717) is 0 Å². The fourth-order valence-electron chi connectivity index (χ4n) is 0. The summed E-state index contributed by atoms with van der Waals surface area (Å²) >= 11 is 0. The smallest absolute Gasteiger partial charge is 0.0208 e. The van der Waals surface area contributed by atoms with Crippen LogP contribution in [0.4, 0.5) is 0 Å². The fraction of sp³-hybridized carbons (Fsp3) is 0.857. The minimum atomic E-state index is -1.21. The van der Waals surface area contributed by atoms with Crippen LogP contribution in [0.25, 0.3) is 0 Å². The zero-order valence-corrected chi connectivity index (χ0v) is 7.51. The first-order valence-electron chi connectivity index (χ1n) is 2.90.